The van der Waals surface area contributed by atoms with E-state index in [4.69, 9.17) is 9.47 Å². The van der Waals surface area contributed by atoms with Crippen molar-refractivity contribution in [2.24, 2.45) is 0 Å². The van der Waals surface area contributed by atoms with Crippen molar-refractivity contribution in [3.05, 3.63) is 113 Å². The summed E-state index contributed by atoms with van der Waals surface area (Å²) in [7, 11) is 1.65. The molecule has 29 heavy (non-hydrogen) atoms. The van der Waals surface area contributed by atoms with Crippen LogP contribution >= 0.6 is 0 Å². The van der Waals surface area contributed by atoms with Gasteiger partial charge >= 0.3 is 5.97 Å². The molecule has 1 atom stereocenters. The topological polar surface area (TPSA) is 35.5 Å². The quantitative estimate of drug-likeness (QED) is 0.541. The molecule has 0 aromatic heterocycles. The van der Waals surface area contributed by atoms with Crippen LogP contribution in [-0.4, -0.2) is 19.2 Å². The van der Waals surface area contributed by atoms with Crippen molar-refractivity contribution >= 4 is 5.97 Å². The molecule has 4 rings (SSSR count). The van der Waals surface area contributed by atoms with E-state index in [9.17, 15) is 4.79 Å². The van der Waals surface area contributed by atoms with E-state index in [1.165, 1.54) is 11.1 Å². The monoisotopic (exact) mass is 384 g/mol. The number of hydrogen-bond donors (Lipinski definition) is 0. The molecule has 1 heterocycles. The summed E-state index contributed by atoms with van der Waals surface area (Å²) in [6.45, 7) is 0. The van der Waals surface area contributed by atoms with Crippen LogP contribution in [0.5, 0.6) is 5.75 Å². The zero-order chi connectivity index (χ0) is 20.1. The molecule has 1 unspecified atom stereocenters. The van der Waals surface area contributed by atoms with Crippen molar-refractivity contribution in [1.29, 1.82) is 0 Å². The Morgan fingerprint density at radius 3 is 1.97 bits per heavy atom. The molecule has 0 saturated carbocycles. The van der Waals surface area contributed by atoms with E-state index in [-0.39, 0.29) is 12.1 Å². The maximum absolute atomic E-state index is 12.8. The normalized spacial score (nSPS) is 16.0. The van der Waals surface area contributed by atoms with Gasteiger partial charge in [0.05, 0.1) is 7.11 Å². The van der Waals surface area contributed by atoms with Gasteiger partial charge in [0, 0.05) is 18.4 Å². The van der Waals surface area contributed by atoms with Crippen molar-refractivity contribution in [2.75, 3.05) is 7.11 Å². The predicted octanol–water partition coefficient (Wildman–Crippen LogP) is 4.95. The number of cyclic esters (lactones) is 1. The summed E-state index contributed by atoms with van der Waals surface area (Å²) in [5, 5.41) is 0. The van der Waals surface area contributed by atoms with E-state index in [2.05, 4.69) is 24.3 Å². The average Bonchev–Trinajstić information content (AvgIpc) is 3.04. The Kier molecular flexibility index (Phi) is 5.76. The summed E-state index contributed by atoms with van der Waals surface area (Å²) in [5.41, 5.74) is 5.29. The highest BCUT2D eigenvalue weighted by Crippen LogP contribution is 2.31. The lowest BCUT2D eigenvalue weighted by Gasteiger charge is -2.15. The van der Waals surface area contributed by atoms with Gasteiger partial charge in [-0.05, 0) is 40.8 Å². The number of methoxy groups -OCH3 is 1. The minimum absolute atomic E-state index is 0.201. The Labute approximate surface area is 171 Å². The maximum atomic E-state index is 12.8. The standard InChI is InChI=1S/C26H24O3/c1-28-22-14-12-21(13-15-22)17-24-23(16-19-8-4-2-5-9-19)25(29-26(24)27)18-20-10-6-3-7-11-20/h2-15,25H,16-18H2,1H3. The third-order valence-electron chi connectivity index (χ3n) is 5.31. The van der Waals surface area contributed by atoms with E-state index in [0.717, 1.165) is 28.9 Å². The highest BCUT2D eigenvalue weighted by atomic mass is 16.5. The van der Waals surface area contributed by atoms with Crippen molar-refractivity contribution in [3.8, 4) is 5.75 Å². The molecule has 0 amide bonds. The number of carbonyl (C=O) groups excluding carboxylic acids is 1. The van der Waals surface area contributed by atoms with Gasteiger partial charge < -0.3 is 9.47 Å². The molecule has 0 aliphatic carbocycles. The lowest BCUT2D eigenvalue weighted by atomic mass is 9.91. The van der Waals surface area contributed by atoms with Crippen LogP contribution < -0.4 is 4.74 Å². The Bertz CT molecular complexity index is 989. The van der Waals surface area contributed by atoms with Gasteiger partial charge in [0.25, 0.3) is 0 Å². The molecule has 0 saturated heterocycles. The summed E-state index contributed by atoms with van der Waals surface area (Å²) < 4.78 is 11.1. The number of esters is 1. The van der Waals surface area contributed by atoms with Gasteiger partial charge in [-0.2, -0.15) is 0 Å². The molecule has 0 radical (unpaired) electrons. The Morgan fingerprint density at radius 2 is 1.34 bits per heavy atom. The van der Waals surface area contributed by atoms with Crippen LogP contribution in [0.15, 0.2) is 96.1 Å². The molecule has 0 fully saturated rings. The largest absolute Gasteiger partial charge is 0.497 e. The van der Waals surface area contributed by atoms with Gasteiger partial charge in [-0.3, -0.25) is 0 Å². The fourth-order valence-electron chi connectivity index (χ4n) is 3.76. The Balaban J connectivity index is 1.65. The lowest BCUT2D eigenvalue weighted by Crippen LogP contribution is -2.16. The SMILES string of the molecule is COc1ccc(CC2=C(Cc3ccccc3)C(Cc3ccccc3)OC2=O)cc1. The second-order valence-electron chi connectivity index (χ2n) is 7.27. The van der Waals surface area contributed by atoms with Gasteiger partial charge in [-0.1, -0.05) is 72.8 Å². The molecule has 0 spiro atoms. The summed E-state index contributed by atoms with van der Waals surface area (Å²) in [6, 6.07) is 28.3. The molecular formula is C26H24O3. The van der Waals surface area contributed by atoms with Crippen molar-refractivity contribution in [2.45, 2.75) is 25.4 Å². The van der Waals surface area contributed by atoms with Crippen LogP contribution in [-0.2, 0) is 28.8 Å². The minimum Gasteiger partial charge on any atom is -0.497 e. The van der Waals surface area contributed by atoms with Gasteiger partial charge in [-0.15, -0.1) is 0 Å². The fourth-order valence-corrected chi connectivity index (χ4v) is 3.76. The lowest BCUT2D eigenvalue weighted by molar-refractivity contribution is -0.139. The van der Waals surface area contributed by atoms with Crippen molar-refractivity contribution in [1.82, 2.24) is 0 Å². The van der Waals surface area contributed by atoms with Gasteiger partial charge in [0.15, 0.2) is 0 Å². The molecule has 3 aromatic rings. The highest BCUT2D eigenvalue weighted by molar-refractivity contribution is 5.93. The number of carbonyl (C=O) groups is 1. The smallest absolute Gasteiger partial charge is 0.335 e. The van der Waals surface area contributed by atoms with Crippen LogP contribution in [0.2, 0.25) is 0 Å². The van der Waals surface area contributed by atoms with Crippen molar-refractivity contribution in [3.63, 3.8) is 0 Å². The number of ether oxygens (including phenoxy) is 2. The first-order valence-corrected chi connectivity index (χ1v) is 9.86. The summed E-state index contributed by atoms with van der Waals surface area (Å²) in [5.74, 6) is 0.607. The van der Waals surface area contributed by atoms with Crippen LogP contribution in [0, 0.1) is 0 Å². The first kappa shape index (κ1) is 19.0. The van der Waals surface area contributed by atoms with E-state index in [1.807, 2.05) is 60.7 Å². The first-order chi connectivity index (χ1) is 14.2. The third-order valence-corrected chi connectivity index (χ3v) is 5.31. The zero-order valence-corrected chi connectivity index (χ0v) is 16.5. The minimum atomic E-state index is -0.224. The molecule has 0 bridgehead atoms. The average molecular weight is 384 g/mol. The van der Waals surface area contributed by atoms with E-state index < -0.39 is 0 Å². The van der Waals surface area contributed by atoms with Crippen LogP contribution in [0.4, 0.5) is 0 Å². The van der Waals surface area contributed by atoms with Crippen LogP contribution in [0.1, 0.15) is 16.7 Å². The van der Waals surface area contributed by atoms with Crippen molar-refractivity contribution < 1.29 is 14.3 Å². The second-order valence-corrected chi connectivity index (χ2v) is 7.27. The van der Waals surface area contributed by atoms with Crippen LogP contribution in [0.25, 0.3) is 0 Å². The van der Waals surface area contributed by atoms with Crippen LogP contribution in [0.3, 0.4) is 0 Å². The Morgan fingerprint density at radius 1 is 0.759 bits per heavy atom. The second kappa shape index (κ2) is 8.78. The van der Waals surface area contributed by atoms with E-state index >= 15 is 0 Å². The van der Waals surface area contributed by atoms with Gasteiger partial charge in [-0.25, -0.2) is 4.79 Å². The highest BCUT2D eigenvalue weighted by Gasteiger charge is 2.33. The first-order valence-electron chi connectivity index (χ1n) is 9.86. The molecule has 0 N–H and O–H groups in total. The zero-order valence-electron chi connectivity index (χ0n) is 16.5. The molecule has 146 valence electrons. The summed E-state index contributed by atoms with van der Waals surface area (Å²) >= 11 is 0. The van der Waals surface area contributed by atoms with E-state index in [1.54, 1.807) is 7.11 Å². The Hall–Kier alpha value is -3.33. The molecule has 3 aromatic carbocycles. The summed E-state index contributed by atoms with van der Waals surface area (Å²) in [6.07, 6.45) is 1.76. The van der Waals surface area contributed by atoms with E-state index in [0.29, 0.717) is 12.8 Å². The third kappa shape index (κ3) is 4.57. The molecule has 3 heteroatoms. The van der Waals surface area contributed by atoms with Gasteiger partial charge in [0.2, 0.25) is 0 Å². The number of hydrogen-bond acceptors (Lipinski definition) is 3. The molecular weight excluding hydrogens is 360 g/mol. The number of rotatable bonds is 7. The van der Waals surface area contributed by atoms with Gasteiger partial charge in [0.1, 0.15) is 11.9 Å². The summed E-state index contributed by atoms with van der Waals surface area (Å²) in [4.78, 5) is 12.8. The molecule has 1 aliphatic heterocycles. The molecule has 1 aliphatic rings. The fraction of sp³-hybridized carbons (Fsp3) is 0.192. The predicted molar refractivity (Wildman–Crippen MR) is 114 cm³/mol. The number of benzene rings is 3. The molecule has 3 nitrogen and oxygen atoms in total. The maximum Gasteiger partial charge on any atom is 0.335 e.